The van der Waals surface area contributed by atoms with Crippen molar-refractivity contribution in [3.05, 3.63) is 56.5 Å². The van der Waals surface area contributed by atoms with Crippen LogP contribution in [-0.4, -0.2) is 34.2 Å². The van der Waals surface area contributed by atoms with E-state index in [4.69, 9.17) is 16.1 Å². The van der Waals surface area contributed by atoms with Gasteiger partial charge in [-0.1, -0.05) is 24.9 Å². The summed E-state index contributed by atoms with van der Waals surface area (Å²) in [6.07, 6.45) is 8.03. The zero-order chi connectivity index (χ0) is 22.5. The van der Waals surface area contributed by atoms with Crippen LogP contribution in [0.15, 0.2) is 38.6 Å². The lowest BCUT2D eigenvalue weighted by Crippen LogP contribution is -2.40. The van der Waals surface area contributed by atoms with Crippen LogP contribution in [0.3, 0.4) is 0 Å². The predicted molar refractivity (Wildman–Crippen MR) is 120 cm³/mol. The van der Waals surface area contributed by atoms with Crippen LogP contribution in [0.5, 0.6) is 0 Å². The Hall–Kier alpha value is -3.27. The minimum Gasteiger partial charge on any atom is -0.334 e. The van der Waals surface area contributed by atoms with Crippen molar-refractivity contribution in [2.75, 3.05) is 0 Å². The van der Waals surface area contributed by atoms with Gasteiger partial charge in [-0.3, -0.25) is 18.9 Å². The third kappa shape index (κ3) is 4.64. The molecular formula is C21H24ClN7O3. The predicted octanol–water partition coefficient (Wildman–Crippen LogP) is 3.20. The quantitative estimate of drug-likeness (QED) is 0.286. The molecule has 0 fully saturated rings. The number of aromatic amines is 1. The number of H-pyrrole nitrogens is 1. The summed E-state index contributed by atoms with van der Waals surface area (Å²) in [5, 5.41) is 4.09. The molecule has 4 heterocycles. The highest BCUT2D eigenvalue weighted by molar-refractivity contribution is 6.28. The number of aromatic nitrogens is 7. The van der Waals surface area contributed by atoms with Crippen molar-refractivity contribution in [1.29, 1.82) is 0 Å². The monoisotopic (exact) mass is 457 g/mol. The van der Waals surface area contributed by atoms with E-state index in [9.17, 15) is 9.59 Å². The highest BCUT2D eigenvalue weighted by atomic mass is 35.5. The van der Waals surface area contributed by atoms with Crippen LogP contribution in [0.25, 0.3) is 22.6 Å². The standard InChI is InChI=1S/C21H24ClN7O3/c1-2-3-5-11-28-17-16(25-20(22)26-17)19(30)29(21(28)31)12-6-4-9-15-24-18(32-27-15)14-8-7-10-23-13-14/h7-8,10,13H,2-6,9,11-12H2,1H3,(H,25,26). The van der Waals surface area contributed by atoms with Crippen molar-refractivity contribution >= 4 is 22.8 Å². The van der Waals surface area contributed by atoms with Crippen molar-refractivity contribution in [2.24, 2.45) is 0 Å². The van der Waals surface area contributed by atoms with Gasteiger partial charge in [0.1, 0.15) is 0 Å². The fourth-order valence-electron chi connectivity index (χ4n) is 3.57. The lowest BCUT2D eigenvalue weighted by atomic mass is 10.2. The van der Waals surface area contributed by atoms with Crippen LogP contribution in [0.2, 0.25) is 5.28 Å². The molecule has 0 amide bonds. The van der Waals surface area contributed by atoms with E-state index in [1.165, 1.54) is 9.13 Å². The van der Waals surface area contributed by atoms with Gasteiger partial charge in [-0.05, 0) is 43.0 Å². The highest BCUT2D eigenvalue weighted by Gasteiger charge is 2.17. The lowest BCUT2D eigenvalue weighted by molar-refractivity contribution is 0.420. The molecule has 10 nitrogen and oxygen atoms in total. The molecule has 0 saturated heterocycles. The van der Waals surface area contributed by atoms with Crippen LogP contribution in [-0.2, 0) is 19.5 Å². The molecule has 32 heavy (non-hydrogen) atoms. The molecule has 0 aliphatic carbocycles. The van der Waals surface area contributed by atoms with Crippen LogP contribution >= 0.6 is 11.6 Å². The summed E-state index contributed by atoms with van der Waals surface area (Å²) in [6, 6.07) is 3.65. The molecule has 0 spiro atoms. The third-order valence-corrected chi connectivity index (χ3v) is 5.41. The second kappa shape index (κ2) is 9.90. The number of imidazole rings is 1. The van der Waals surface area contributed by atoms with Gasteiger partial charge in [-0.25, -0.2) is 4.79 Å². The normalized spacial score (nSPS) is 11.4. The number of halogens is 1. The molecule has 0 bridgehead atoms. The van der Waals surface area contributed by atoms with Gasteiger partial charge >= 0.3 is 5.69 Å². The van der Waals surface area contributed by atoms with Gasteiger partial charge in [0.15, 0.2) is 17.0 Å². The summed E-state index contributed by atoms with van der Waals surface area (Å²) in [7, 11) is 0. The molecule has 4 aromatic heterocycles. The average Bonchev–Trinajstić information content (AvgIpc) is 3.43. The van der Waals surface area contributed by atoms with Gasteiger partial charge in [0, 0.05) is 31.9 Å². The number of hydrogen-bond donors (Lipinski definition) is 1. The SMILES string of the molecule is CCCCCn1c(=O)n(CCCCc2noc(-c3cccnc3)n2)c(=O)c2[nH]c(Cl)nc21. The minimum absolute atomic E-state index is 0.0972. The number of rotatable bonds is 10. The number of hydrogen-bond acceptors (Lipinski definition) is 7. The Labute approximate surface area is 188 Å². The van der Waals surface area contributed by atoms with Crippen LogP contribution in [0.4, 0.5) is 0 Å². The summed E-state index contributed by atoms with van der Waals surface area (Å²) < 4.78 is 8.07. The topological polar surface area (TPSA) is 124 Å². The van der Waals surface area contributed by atoms with Crippen LogP contribution < -0.4 is 11.2 Å². The molecule has 0 aliphatic heterocycles. The number of fused-ring (bicyclic) bond motifs is 1. The Morgan fingerprint density at radius 1 is 1.09 bits per heavy atom. The number of aryl methyl sites for hydroxylation is 2. The Morgan fingerprint density at radius 2 is 1.91 bits per heavy atom. The van der Waals surface area contributed by atoms with Crippen LogP contribution in [0.1, 0.15) is 44.9 Å². The molecule has 1 N–H and O–H groups in total. The molecule has 0 radical (unpaired) electrons. The third-order valence-electron chi connectivity index (χ3n) is 5.23. The molecule has 0 aliphatic rings. The van der Waals surface area contributed by atoms with Gasteiger partial charge in [0.05, 0.1) is 5.56 Å². The molecule has 11 heteroatoms. The summed E-state index contributed by atoms with van der Waals surface area (Å²) in [5.41, 5.74) is 0.556. The number of unbranched alkanes of at least 4 members (excludes halogenated alkanes) is 3. The molecule has 0 unspecified atom stereocenters. The van der Waals surface area contributed by atoms with E-state index in [-0.39, 0.29) is 23.0 Å². The second-order valence-corrected chi connectivity index (χ2v) is 7.90. The maximum Gasteiger partial charge on any atom is 0.332 e. The smallest absolute Gasteiger partial charge is 0.332 e. The second-order valence-electron chi connectivity index (χ2n) is 7.54. The Balaban J connectivity index is 1.46. The molecule has 4 aromatic rings. The molecular weight excluding hydrogens is 434 g/mol. The molecule has 4 rings (SSSR count). The Morgan fingerprint density at radius 3 is 2.69 bits per heavy atom. The van der Waals surface area contributed by atoms with E-state index in [0.29, 0.717) is 43.2 Å². The van der Waals surface area contributed by atoms with Gasteiger partial charge in [0.2, 0.25) is 5.28 Å². The Bertz CT molecular complexity index is 1310. The number of pyridine rings is 1. The van der Waals surface area contributed by atoms with Crippen molar-refractivity contribution in [3.63, 3.8) is 0 Å². The largest absolute Gasteiger partial charge is 0.334 e. The number of nitrogens with one attached hydrogen (secondary N) is 1. The maximum atomic E-state index is 13.0. The first-order chi connectivity index (χ1) is 15.6. The van der Waals surface area contributed by atoms with Gasteiger partial charge < -0.3 is 9.51 Å². The van der Waals surface area contributed by atoms with Crippen molar-refractivity contribution < 1.29 is 4.52 Å². The summed E-state index contributed by atoms with van der Waals surface area (Å²) in [5.74, 6) is 0.991. The molecule has 168 valence electrons. The van der Waals surface area contributed by atoms with Gasteiger partial charge in [0.25, 0.3) is 11.4 Å². The van der Waals surface area contributed by atoms with E-state index in [0.717, 1.165) is 24.8 Å². The summed E-state index contributed by atoms with van der Waals surface area (Å²) >= 11 is 5.98. The molecule has 0 atom stereocenters. The first kappa shape index (κ1) is 21.9. The first-order valence-corrected chi connectivity index (χ1v) is 11.1. The number of nitrogens with zero attached hydrogens (tertiary/aromatic N) is 6. The average molecular weight is 458 g/mol. The Kier molecular flexibility index (Phi) is 6.79. The minimum atomic E-state index is -0.408. The maximum absolute atomic E-state index is 13.0. The van der Waals surface area contributed by atoms with E-state index in [2.05, 4.69) is 32.0 Å². The fourth-order valence-corrected chi connectivity index (χ4v) is 3.75. The highest BCUT2D eigenvalue weighted by Crippen LogP contribution is 2.16. The summed E-state index contributed by atoms with van der Waals surface area (Å²) in [4.78, 5) is 41.2. The molecule has 0 aromatic carbocycles. The zero-order valence-electron chi connectivity index (χ0n) is 17.8. The summed E-state index contributed by atoms with van der Waals surface area (Å²) in [6.45, 7) is 2.87. The van der Waals surface area contributed by atoms with Gasteiger partial charge in [-0.2, -0.15) is 9.97 Å². The van der Waals surface area contributed by atoms with E-state index < -0.39 is 5.56 Å². The first-order valence-electron chi connectivity index (χ1n) is 10.7. The van der Waals surface area contributed by atoms with E-state index >= 15 is 0 Å². The van der Waals surface area contributed by atoms with E-state index in [1.54, 1.807) is 18.5 Å². The van der Waals surface area contributed by atoms with Crippen LogP contribution in [0, 0.1) is 0 Å². The van der Waals surface area contributed by atoms with Crippen molar-refractivity contribution in [2.45, 2.75) is 58.5 Å². The molecule has 0 saturated carbocycles. The van der Waals surface area contributed by atoms with E-state index in [1.807, 2.05) is 6.07 Å². The van der Waals surface area contributed by atoms with Crippen molar-refractivity contribution in [1.82, 2.24) is 34.2 Å². The zero-order valence-corrected chi connectivity index (χ0v) is 18.5. The lowest BCUT2D eigenvalue weighted by Gasteiger charge is -2.11. The fraction of sp³-hybridized carbons (Fsp3) is 0.429. The van der Waals surface area contributed by atoms with Crippen molar-refractivity contribution in [3.8, 4) is 11.5 Å². The van der Waals surface area contributed by atoms with Gasteiger partial charge in [-0.15, -0.1) is 0 Å².